The Kier molecular flexibility index (Phi) is 5.14. The molecule has 0 radical (unpaired) electrons. The first-order valence-electron chi connectivity index (χ1n) is 6.51. The van der Waals surface area contributed by atoms with E-state index in [9.17, 15) is 4.39 Å². The Balaban J connectivity index is 2.10. The zero-order chi connectivity index (χ0) is 14.5. The molecule has 0 spiro atoms. The van der Waals surface area contributed by atoms with Crippen LogP contribution in [0.1, 0.15) is 25.3 Å². The van der Waals surface area contributed by atoms with Crippen molar-refractivity contribution in [3.8, 4) is 0 Å². The van der Waals surface area contributed by atoms with Crippen molar-refractivity contribution < 1.29 is 8.81 Å². The minimum Gasteiger partial charge on any atom is -0.416 e. The summed E-state index contributed by atoms with van der Waals surface area (Å²) < 4.78 is 18.7. The predicted molar refractivity (Wildman–Crippen MR) is 76.1 cm³/mol. The van der Waals surface area contributed by atoms with Crippen LogP contribution in [0.25, 0.3) is 0 Å². The number of aryl methyl sites for hydroxylation is 1. The van der Waals surface area contributed by atoms with E-state index >= 15 is 0 Å². The van der Waals surface area contributed by atoms with Gasteiger partial charge < -0.3 is 9.73 Å². The van der Waals surface area contributed by atoms with Gasteiger partial charge in [0.1, 0.15) is 5.82 Å². The third-order valence-electron chi connectivity index (χ3n) is 2.60. The standard InChI is InChI=1S/C14H18FN3OS/c1-9(2)7-16-8-11-6-12(15)4-5-13(11)20-14-18-17-10(3)19-14/h4-6,9,16H,7-8H2,1-3H3. The Morgan fingerprint density at radius 3 is 2.80 bits per heavy atom. The topological polar surface area (TPSA) is 51.0 Å². The maximum atomic E-state index is 13.4. The Hall–Kier alpha value is -1.40. The van der Waals surface area contributed by atoms with Crippen molar-refractivity contribution in [2.24, 2.45) is 5.92 Å². The molecule has 108 valence electrons. The first-order chi connectivity index (χ1) is 9.54. The van der Waals surface area contributed by atoms with Gasteiger partial charge >= 0.3 is 0 Å². The van der Waals surface area contributed by atoms with Gasteiger partial charge in [-0.3, -0.25) is 0 Å². The molecule has 0 saturated heterocycles. The van der Waals surface area contributed by atoms with Crippen LogP contribution in [0.4, 0.5) is 4.39 Å². The molecule has 20 heavy (non-hydrogen) atoms. The van der Waals surface area contributed by atoms with Crippen molar-refractivity contribution >= 4 is 11.8 Å². The number of aromatic nitrogens is 2. The molecule has 0 fully saturated rings. The molecular weight excluding hydrogens is 277 g/mol. The van der Waals surface area contributed by atoms with Crippen LogP contribution in [0.3, 0.4) is 0 Å². The van der Waals surface area contributed by atoms with Crippen molar-refractivity contribution in [1.29, 1.82) is 0 Å². The largest absolute Gasteiger partial charge is 0.416 e. The minimum atomic E-state index is -0.239. The van der Waals surface area contributed by atoms with Gasteiger partial charge in [0, 0.05) is 18.4 Å². The van der Waals surface area contributed by atoms with Gasteiger partial charge in [-0.05, 0) is 48.0 Å². The van der Waals surface area contributed by atoms with E-state index in [1.165, 1.54) is 17.8 Å². The van der Waals surface area contributed by atoms with Gasteiger partial charge in [-0.2, -0.15) is 0 Å². The molecule has 1 heterocycles. The van der Waals surface area contributed by atoms with Crippen molar-refractivity contribution in [3.63, 3.8) is 0 Å². The number of nitrogens with zero attached hydrogens (tertiary/aromatic N) is 2. The number of nitrogens with one attached hydrogen (secondary N) is 1. The molecule has 0 aliphatic rings. The summed E-state index contributed by atoms with van der Waals surface area (Å²) in [6, 6.07) is 4.72. The van der Waals surface area contributed by atoms with Crippen LogP contribution in [0.5, 0.6) is 0 Å². The number of hydrogen-bond acceptors (Lipinski definition) is 5. The summed E-state index contributed by atoms with van der Waals surface area (Å²) in [5.74, 6) is 0.838. The molecule has 1 aromatic heterocycles. The molecule has 0 aliphatic heterocycles. The first-order valence-corrected chi connectivity index (χ1v) is 7.33. The van der Waals surface area contributed by atoms with Crippen LogP contribution in [0, 0.1) is 18.7 Å². The molecular formula is C14H18FN3OS. The lowest BCUT2D eigenvalue weighted by molar-refractivity contribution is 0.429. The summed E-state index contributed by atoms with van der Waals surface area (Å²) in [5, 5.41) is 11.5. The molecule has 2 rings (SSSR count). The third-order valence-corrected chi connectivity index (χ3v) is 3.55. The van der Waals surface area contributed by atoms with Crippen LogP contribution >= 0.6 is 11.8 Å². The quantitative estimate of drug-likeness (QED) is 0.885. The summed E-state index contributed by atoms with van der Waals surface area (Å²) in [5.41, 5.74) is 0.895. The molecule has 0 saturated carbocycles. The minimum absolute atomic E-state index is 0.239. The van der Waals surface area contributed by atoms with Gasteiger partial charge in [0.25, 0.3) is 5.22 Å². The monoisotopic (exact) mass is 295 g/mol. The average molecular weight is 295 g/mol. The lowest BCUT2D eigenvalue weighted by atomic mass is 10.2. The smallest absolute Gasteiger partial charge is 0.281 e. The van der Waals surface area contributed by atoms with E-state index in [0.717, 1.165) is 17.0 Å². The van der Waals surface area contributed by atoms with E-state index in [1.807, 2.05) is 0 Å². The molecule has 6 heteroatoms. The Morgan fingerprint density at radius 1 is 1.35 bits per heavy atom. The van der Waals surface area contributed by atoms with Gasteiger partial charge in [0.15, 0.2) is 0 Å². The molecule has 2 aromatic rings. The number of hydrogen-bond donors (Lipinski definition) is 1. The maximum Gasteiger partial charge on any atom is 0.281 e. The maximum absolute atomic E-state index is 13.4. The second-order valence-electron chi connectivity index (χ2n) is 4.97. The van der Waals surface area contributed by atoms with Crippen molar-refractivity contribution in [3.05, 3.63) is 35.5 Å². The molecule has 0 atom stereocenters. The number of benzene rings is 1. The van der Waals surface area contributed by atoms with Crippen LogP contribution in [0.2, 0.25) is 0 Å². The van der Waals surface area contributed by atoms with Crippen LogP contribution in [-0.2, 0) is 6.54 Å². The van der Waals surface area contributed by atoms with Gasteiger partial charge in [0.05, 0.1) is 0 Å². The molecule has 0 unspecified atom stereocenters. The summed E-state index contributed by atoms with van der Waals surface area (Å²) >= 11 is 1.36. The van der Waals surface area contributed by atoms with Gasteiger partial charge in [-0.1, -0.05) is 13.8 Å². The Bertz CT molecular complexity index is 571. The lowest BCUT2D eigenvalue weighted by Gasteiger charge is -2.10. The fraction of sp³-hybridized carbons (Fsp3) is 0.429. The van der Waals surface area contributed by atoms with Gasteiger partial charge in [-0.25, -0.2) is 4.39 Å². The van der Waals surface area contributed by atoms with Crippen molar-refractivity contribution in [2.75, 3.05) is 6.54 Å². The average Bonchev–Trinajstić information content (AvgIpc) is 2.78. The number of rotatable bonds is 6. The fourth-order valence-electron chi connectivity index (χ4n) is 1.69. The summed E-state index contributed by atoms with van der Waals surface area (Å²) in [6.07, 6.45) is 0. The SMILES string of the molecule is Cc1nnc(Sc2ccc(F)cc2CNCC(C)C)o1. The van der Waals surface area contributed by atoms with E-state index in [0.29, 0.717) is 23.6 Å². The van der Waals surface area contributed by atoms with Gasteiger partial charge in [-0.15, -0.1) is 10.2 Å². The highest BCUT2D eigenvalue weighted by atomic mass is 32.2. The normalized spacial score (nSPS) is 11.2. The molecule has 0 bridgehead atoms. The Morgan fingerprint density at radius 2 is 2.15 bits per heavy atom. The zero-order valence-corrected chi connectivity index (χ0v) is 12.6. The van der Waals surface area contributed by atoms with Crippen molar-refractivity contribution in [2.45, 2.75) is 37.4 Å². The van der Waals surface area contributed by atoms with Crippen LogP contribution in [0.15, 0.2) is 32.7 Å². The number of halogens is 1. The summed E-state index contributed by atoms with van der Waals surface area (Å²) in [7, 11) is 0. The highest BCUT2D eigenvalue weighted by Gasteiger charge is 2.10. The van der Waals surface area contributed by atoms with Crippen molar-refractivity contribution in [1.82, 2.24) is 15.5 Å². The molecule has 1 N–H and O–H groups in total. The van der Waals surface area contributed by atoms with E-state index in [-0.39, 0.29) is 5.82 Å². The molecule has 0 amide bonds. The van der Waals surface area contributed by atoms with Gasteiger partial charge in [0.2, 0.25) is 5.89 Å². The van der Waals surface area contributed by atoms with E-state index in [2.05, 4.69) is 29.4 Å². The second-order valence-corrected chi connectivity index (χ2v) is 5.96. The zero-order valence-electron chi connectivity index (χ0n) is 11.8. The van der Waals surface area contributed by atoms with Crippen LogP contribution in [-0.4, -0.2) is 16.7 Å². The van der Waals surface area contributed by atoms with E-state index in [1.54, 1.807) is 19.1 Å². The molecule has 4 nitrogen and oxygen atoms in total. The second kappa shape index (κ2) is 6.85. The van der Waals surface area contributed by atoms with E-state index < -0.39 is 0 Å². The fourth-order valence-corrected chi connectivity index (χ4v) is 2.53. The van der Waals surface area contributed by atoms with Crippen LogP contribution < -0.4 is 5.32 Å². The Labute approximate surface area is 122 Å². The highest BCUT2D eigenvalue weighted by Crippen LogP contribution is 2.30. The highest BCUT2D eigenvalue weighted by molar-refractivity contribution is 7.99. The third kappa shape index (κ3) is 4.31. The predicted octanol–water partition coefficient (Wildman–Crippen LogP) is 3.41. The van der Waals surface area contributed by atoms with E-state index in [4.69, 9.17) is 4.42 Å². The molecule has 1 aromatic carbocycles. The lowest BCUT2D eigenvalue weighted by Crippen LogP contribution is -2.19. The first kappa shape index (κ1) is 15.0. The summed E-state index contributed by atoms with van der Waals surface area (Å²) in [4.78, 5) is 0.923. The molecule has 0 aliphatic carbocycles. The summed E-state index contributed by atoms with van der Waals surface area (Å²) in [6.45, 7) is 7.52.